The van der Waals surface area contributed by atoms with E-state index >= 15 is 0 Å². The van der Waals surface area contributed by atoms with Crippen molar-refractivity contribution in [3.63, 3.8) is 0 Å². The highest BCUT2D eigenvalue weighted by Crippen LogP contribution is 2.52. The van der Waals surface area contributed by atoms with Gasteiger partial charge in [0.05, 0.1) is 49.6 Å². The molecule has 4 aromatic rings. The van der Waals surface area contributed by atoms with Crippen molar-refractivity contribution in [2.45, 2.75) is 39.2 Å². The van der Waals surface area contributed by atoms with Crippen LogP contribution in [-0.4, -0.2) is 53.0 Å². The predicted octanol–water partition coefficient (Wildman–Crippen LogP) is 6.67. The number of nitrogens with one attached hydrogen (secondary N) is 3. The van der Waals surface area contributed by atoms with Crippen molar-refractivity contribution in [1.29, 1.82) is 0 Å². The first-order chi connectivity index (χ1) is 21.9. The molecule has 0 aliphatic carbocycles. The van der Waals surface area contributed by atoms with Gasteiger partial charge in [-0.1, -0.05) is 12.1 Å². The van der Waals surface area contributed by atoms with Crippen LogP contribution in [0.5, 0.6) is 5.75 Å². The van der Waals surface area contributed by atoms with Crippen molar-refractivity contribution in [1.82, 2.24) is 25.1 Å². The Hall–Kier alpha value is -4.46. The molecule has 0 saturated heterocycles. The Kier molecular flexibility index (Phi) is 9.66. The van der Waals surface area contributed by atoms with Crippen LogP contribution < -0.4 is 20.7 Å². The van der Waals surface area contributed by atoms with Gasteiger partial charge in [0.1, 0.15) is 17.1 Å². The van der Waals surface area contributed by atoms with Crippen LogP contribution in [0.25, 0.3) is 11.1 Å². The Labute approximate surface area is 263 Å². The van der Waals surface area contributed by atoms with Crippen LogP contribution >= 0.6 is 7.60 Å². The third kappa shape index (κ3) is 7.16. The van der Waals surface area contributed by atoms with Gasteiger partial charge in [-0.25, -0.2) is 4.98 Å². The molecule has 2 aromatic heterocycles. The molecule has 244 valence electrons. The number of nitrogens with zero attached hydrogens (tertiary/aromatic N) is 4. The number of methoxy groups -OCH3 is 1. The lowest BCUT2D eigenvalue weighted by Gasteiger charge is -2.20. The zero-order valence-corrected chi connectivity index (χ0v) is 26.5. The molecule has 0 radical (unpaired) electrons. The zero-order chi connectivity index (χ0) is 33.1. The molecule has 4 aliphatic heterocycles. The van der Waals surface area contributed by atoms with Crippen LogP contribution in [0.1, 0.15) is 40.4 Å². The Morgan fingerprint density at radius 2 is 1.96 bits per heavy atom. The number of carbonyl (C=O) groups is 1. The minimum Gasteiger partial charge on any atom is -0.495 e. The fraction of sp³-hybridized carbons (Fsp3) is 0.333. The summed E-state index contributed by atoms with van der Waals surface area (Å²) >= 11 is 0. The molecule has 8 bridgehead atoms. The number of amides is 1. The summed E-state index contributed by atoms with van der Waals surface area (Å²) in [5.74, 6) is -0.953. The van der Waals surface area contributed by atoms with Crippen LogP contribution in [-0.2, 0) is 32.5 Å². The molecular weight excluding hydrogens is 626 g/mol. The standard InChI is InChI=1S/C30H33F3N7O5P/c1-5-44-46(42)17-19-7-9-23(25(13-19)43-4)38-29-35-15-22(30(31,32)33)27(39-29)37-24-10-8-21(18(2)26(24)28(41)34-3)20-14-36-40(16-20)11-6-12-45-46/h7-10,13-16H,5-6,11-12,17H2,1-4H3,(H,34,41)(H2,35,37,38,39)/t46-/m1/s1. The maximum atomic E-state index is 14.1. The molecule has 3 N–H and O–H groups in total. The number of halogens is 3. The van der Waals surface area contributed by atoms with Crippen molar-refractivity contribution in [3.8, 4) is 16.9 Å². The van der Waals surface area contributed by atoms with Gasteiger partial charge in [-0.3, -0.25) is 14.0 Å². The first kappa shape index (κ1) is 32.9. The van der Waals surface area contributed by atoms with Gasteiger partial charge in [-0.05, 0) is 55.2 Å². The number of benzene rings is 2. The summed E-state index contributed by atoms with van der Waals surface area (Å²) in [6, 6.07) is 8.11. The summed E-state index contributed by atoms with van der Waals surface area (Å²) in [6.45, 7) is 4.19. The number of aryl methyl sites for hydroxylation is 1. The number of rotatable bonds is 4. The van der Waals surface area contributed by atoms with E-state index in [1.54, 1.807) is 55.2 Å². The second kappa shape index (κ2) is 13.5. The van der Waals surface area contributed by atoms with Crippen molar-refractivity contribution in [2.75, 3.05) is 38.0 Å². The van der Waals surface area contributed by atoms with Crippen molar-refractivity contribution >= 4 is 36.6 Å². The number of alkyl halides is 3. The highest BCUT2D eigenvalue weighted by molar-refractivity contribution is 7.53. The Balaban J connectivity index is 1.65. The first-order valence-corrected chi connectivity index (χ1v) is 16.1. The van der Waals surface area contributed by atoms with E-state index in [9.17, 15) is 22.5 Å². The fourth-order valence-electron chi connectivity index (χ4n) is 5.08. The second-order valence-electron chi connectivity index (χ2n) is 10.3. The average molecular weight is 660 g/mol. The molecule has 1 atom stereocenters. The van der Waals surface area contributed by atoms with Gasteiger partial charge in [0.2, 0.25) is 5.95 Å². The van der Waals surface area contributed by atoms with E-state index in [1.165, 1.54) is 20.2 Å². The van der Waals surface area contributed by atoms with E-state index in [4.69, 9.17) is 13.8 Å². The van der Waals surface area contributed by atoms with E-state index in [1.807, 2.05) is 0 Å². The maximum absolute atomic E-state index is 14.1. The van der Waals surface area contributed by atoms with E-state index in [0.29, 0.717) is 52.9 Å². The molecule has 8 rings (SSSR count). The predicted molar refractivity (Wildman–Crippen MR) is 166 cm³/mol. The molecule has 0 fully saturated rings. The Morgan fingerprint density at radius 1 is 1.17 bits per heavy atom. The normalized spacial score (nSPS) is 16.9. The van der Waals surface area contributed by atoms with Crippen LogP contribution in [0.4, 0.5) is 36.3 Å². The first-order valence-electron chi connectivity index (χ1n) is 14.4. The summed E-state index contributed by atoms with van der Waals surface area (Å²) < 4.78 is 74.5. The number of carbonyl (C=O) groups excluding carboxylic acids is 1. The third-order valence-electron chi connectivity index (χ3n) is 7.24. The SMILES string of the molecule is CCO[P@]1(=O)Cc2ccc(c(OC)c2)Nc2ncc(C(F)(F)F)c(n2)Nc2ccc(c(C)c2C(=O)NC)-c2cnn(c2)CCCO1. The zero-order valence-electron chi connectivity index (χ0n) is 25.6. The van der Waals surface area contributed by atoms with Crippen LogP contribution in [0.3, 0.4) is 0 Å². The van der Waals surface area contributed by atoms with E-state index in [-0.39, 0.29) is 36.6 Å². The van der Waals surface area contributed by atoms with Gasteiger partial charge in [-0.15, -0.1) is 0 Å². The molecule has 2 aromatic carbocycles. The summed E-state index contributed by atoms with van der Waals surface area (Å²) in [6.07, 6.45) is -0.285. The highest BCUT2D eigenvalue weighted by atomic mass is 31.2. The molecule has 16 heteroatoms. The molecule has 0 saturated carbocycles. The lowest BCUT2D eigenvalue weighted by atomic mass is 9.96. The summed E-state index contributed by atoms with van der Waals surface area (Å²) in [4.78, 5) is 21.1. The molecule has 12 nitrogen and oxygen atoms in total. The summed E-state index contributed by atoms with van der Waals surface area (Å²) in [5, 5.41) is 12.6. The van der Waals surface area contributed by atoms with E-state index in [2.05, 4.69) is 31.0 Å². The number of ether oxygens (including phenoxy) is 1. The van der Waals surface area contributed by atoms with Gasteiger partial charge in [0.25, 0.3) is 5.91 Å². The molecule has 6 heterocycles. The highest BCUT2D eigenvalue weighted by Gasteiger charge is 2.36. The largest absolute Gasteiger partial charge is 0.495 e. The van der Waals surface area contributed by atoms with Gasteiger partial charge >= 0.3 is 13.8 Å². The number of hydrogen-bond donors (Lipinski definition) is 3. The maximum Gasteiger partial charge on any atom is 0.421 e. The fourth-order valence-corrected chi connectivity index (χ4v) is 6.78. The van der Waals surface area contributed by atoms with Gasteiger partial charge in [0.15, 0.2) is 0 Å². The van der Waals surface area contributed by atoms with E-state index < -0.39 is 31.1 Å². The number of aromatic nitrogens is 4. The second-order valence-corrected chi connectivity index (χ2v) is 12.4. The Bertz CT molecular complexity index is 1800. The van der Waals surface area contributed by atoms with Crippen molar-refractivity contribution < 1.29 is 36.3 Å². The minimum atomic E-state index is -4.81. The number of hydrogen-bond acceptors (Lipinski definition) is 10. The molecule has 46 heavy (non-hydrogen) atoms. The van der Waals surface area contributed by atoms with Gasteiger partial charge in [-0.2, -0.15) is 23.3 Å². The average Bonchev–Trinajstić information content (AvgIpc) is 3.48. The molecule has 0 spiro atoms. The Morgan fingerprint density at radius 3 is 2.67 bits per heavy atom. The number of anilines is 4. The van der Waals surface area contributed by atoms with Crippen LogP contribution in [0.15, 0.2) is 48.9 Å². The van der Waals surface area contributed by atoms with Gasteiger partial charge < -0.3 is 29.7 Å². The third-order valence-corrected chi connectivity index (χ3v) is 9.22. The van der Waals surface area contributed by atoms with Crippen LogP contribution in [0, 0.1) is 6.92 Å². The van der Waals surface area contributed by atoms with E-state index in [0.717, 1.165) is 0 Å². The lowest BCUT2D eigenvalue weighted by Crippen LogP contribution is -2.21. The molecule has 4 aliphatic rings. The molecule has 0 unspecified atom stereocenters. The van der Waals surface area contributed by atoms with Crippen LogP contribution in [0.2, 0.25) is 0 Å². The smallest absolute Gasteiger partial charge is 0.421 e. The topological polar surface area (TPSA) is 142 Å². The lowest BCUT2D eigenvalue weighted by molar-refractivity contribution is -0.137. The van der Waals surface area contributed by atoms with Crippen molar-refractivity contribution in [3.05, 3.63) is 71.2 Å². The van der Waals surface area contributed by atoms with Crippen molar-refractivity contribution in [2.24, 2.45) is 0 Å². The quantitative estimate of drug-likeness (QED) is 0.203. The summed E-state index contributed by atoms with van der Waals surface area (Å²) in [7, 11) is -0.694. The minimum absolute atomic E-state index is 0.0310. The van der Waals surface area contributed by atoms with Gasteiger partial charge in [0, 0.05) is 31.5 Å². The summed E-state index contributed by atoms with van der Waals surface area (Å²) in [5.41, 5.74) is 1.91. The molecular formula is C30H33F3N7O5P. The monoisotopic (exact) mass is 659 g/mol. The molecule has 1 amide bonds.